The second-order valence-electron chi connectivity index (χ2n) is 1.92. The zero-order valence-corrected chi connectivity index (χ0v) is 9.73. The summed E-state index contributed by atoms with van der Waals surface area (Å²) in [6.45, 7) is 0. The average Bonchev–Trinajstić information content (AvgIpc) is 2.67. The molecule has 0 nitrogen and oxygen atoms in total. The summed E-state index contributed by atoms with van der Waals surface area (Å²) < 4.78 is 0. The maximum Gasteiger partial charge on any atom is 3.00 e. The third-order valence-corrected chi connectivity index (χ3v) is 1.11. The van der Waals surface area contributed by atoms with Crippen LogP contribution in [0.2, 0.25) is 0 Å². The van der Waals surface area contributed by atoms with E-state index < -0.39 is 0 Å². The van der Waals surface area contributed by atoms with Crippen molar-refractivity contribution in [2.24, 2.45) is 0 Å². The van der Waals surface area contributed by atoms with E-state index in [9.17, 15) is 0 Å². The van der Waals surface area contributed by atoms with Crippen LogP contribution in [-0.4, -0.2) is 0 Å². The molecule has 0 aromatic carbocycles. The Hall–Kier alpha value is 0.883. The van der Waals surface area contributed by atoms with Gasteiger partial charge in [0.05, 0.1) is 0 Å². The van der Waals surface area contributed by atoms with Gasteiger partial charge in [0.2, 0.25) is 0 Å². The predicted molar refractivity (Wildman–Crippen MR) is 49.4 cm³/mol. The fourth-order valence-corrected chi connectivity index (χ4v) is 0.642. The molecule has 11 radical (unpaired) electrons. The van der Waals surface area contributed by atoms with Crippen LogP contribution in [-0.2, 0) is 26.2 Å². The molecule has 0 aromatic heterocycles. The van der Waals surface area contributed by atoms with Gasteiger partial charge in [-0.05, 0) is 64.2 Å². The van der Waals surface area contributed by atoms with E-state index in [1.54, 1.807) is 0 Å². The Morgan fingerprint density at radius 2 is 0.417 bits per heavy atom. The third kappa shape index (κ3) is 8.98. The zero-order chi connectivity index (χ0) is 7.07. The standard InChI is InChI=1S/2C5H5.CH3.Zr/c2*1-2-4-5-3-1;;/h2*1-5H;1H3;/q;;-1;+3. The van der Waals surface area contributed by atoms with E-state index in [1.807, 2.05) is 64.2 Å². The van der Waals surface area contributed by atoms with E-state index >= 15 is 0 Å². The fraction of sp³-hybridized carbons (Fsp3) is 0. The van der Waals surface area contributed by atoms with Crippen LogP contribution in [0.1, 0.15) is 0 Å². The first-order chi connectivity index (χ1) is 5.00. The molecular formula is C11H13Zr+2. The molecular weight excluding hydrogens is 223 g/mol. The molecule has 0 unspecified atom stereocenters. The first-order valence-corrected chi connectivity index (χ1v) is 3.33. The summed E-state index contributed by atoms with van der Waals surface area (Å²) in [6, 6.07) is 0. The summed E-state index contributed by atoms with van der Waals surface area (Å²) in [6.07, 6.45) is 20.0. The molecule has 0 aromatic rings. The summed E-state index contributed by atoms with van der Waals surface area (Å²) in [4.78, 5) is 0. The van der Waals surface area contributed by atoms with E-state index in [1.165, 1.54) is 0 Å². The van der Waals surface area contributed by atoms with E-state index in [0.717, 1.165) is 0 Å². The normalized spacial score (nSPS) is 20.0. The van der Waals surface area contributed by atoms with Crippen LogP contribution in [0.3, 0.4) is 0 Å². The van der Waals surface area contributed by atoms with Gasteiger partial charge in [0.25, 0.3) is 0 Å². The van der Waals surface area contributed by atoms with Gasteiger partial charge in [-0.2, -0.15) is 0 Å². The number of hydrogen-bond donors (Lipinski definition) is 0. The molecule has 59 valence electrons. The van der Waals surface area contributed by atoms with Gasteiger partial charge < -0.3 is 7.43 Å². The summed E-state index contributed by atoms with van der Waals surface area (Å²) in [5, 5.41) is 0. The Morgan fingerprint density at radius 1 is 0.333 bits per heavy atom. The Balaban J connectivity index is 0. The largest absolute Gasteiger partial charge is 3.00 e. The Labute approximate surface area is 97.6 Å². The molecule has 2 aliphatic rings. The molecule has 0 N–H and O–H groups in total. The van der Waals surface area contributed by atoms with Gasteiger partial charge in [-0.1, -0.05) is 0 Å². The van der Waals surface area contributed by atoms with Gasteiger partial charge >= 0.3 is 26.2 Å². The van der Waals surface area contributed by atoms with Crippen molar-refractivity contribution in [1.29, 1.82) is 0 Å². The molecule has 2 aliphatic carbocycles. The van der Waals surface area contributed by atoms with E-state index in [-0.39, 0.29) is 33.6 Å². The van der Waals surface area contributed by atoms with Crippen LogP contribution < -0.4 is 0 Å². The van der Waals surface area contributed by atoms with Crippen molar-refractivity contribution in [3.8, 4) is 0 Å². The molecule has 0 aliphatic heterocycles. The maximum atomic E-state index is 2.00. The molecule has 0 spiro atoms. The van der Waals surface area contributed by atoms with Crippen molar-refractivity contribution in [2.75, 3.05) is 0 Å². The SMILES string of the molecule is [CH3-].[CH]1[CH][CH][CH][CH]1.[CH]1[CH][CH][CH][CH]1.[Zr+3]. The van der Waals surface area contributed by atoms with Crippen molar-refractivity contribution < 1.29 is 26.2 Å². The molecule has 2 rings (SSSR count). The van der Waals surface area contributed by atoms with Gasteiger partial charge in [-0.3, -0.25) is 0 Å². The van der Waals surface area contributed by atoms with E-state index in [0.29, 0.717) is 0 Å². The van der Waals surface area contributed by atoms with Crippen LogP contribution in [0, 0.1) is 71.6 Å². The fourth-order valence-electron chi connectivity index (χ4n) is 0.642. The Bertz CT molecular complexity index is 38.2. The van der Waals surface area contributed by atoms with Crippen molar-refractivity contribution in [2.45, 2.75) is 0 Å². The van der Waals surface area contributed by atoms with Gasteiger partial charge in [0.15, 0.2) is 0 Å². The predicted octanol–water partition coefficient (Wildman–Crippen LogP) is 2.49. The minimum absolute atomic E-state index is 0. The first kappa shape index (κ1) is 15.4. The van der Waals surface area contributed by atoms with E-state index in [4.69, 9.17) is 0 Å². The number of rotatable bonds is 0. The first-order valence-electron chi connectivity index (χ1n) is 3.33. The van der Waals surface area contributed by atoms with Gasteiger partial charge in [0.1, 0.15) is 0 Å². The monoisotopic (exact) mass is 235 g/mol. The van der Waals surface area contributed by atoms with Crippen LogP contribution in [0.4, 0.5) is 0 Å². The average molecular weight is 236 g/mol. The number of hydrogen-bond acceptors (Lipinski definition) is 0. The van der Waals surface area contributed by atoms with Crippen LogP contribution in [0.25, 0.3) is 0 Å². The van der Waals surface area contributed by atoms with Crippen molar-refractivity contribution in [3.05, 3.63) is 71.6 Å². The van der Waals surface area contributed by atoms with Crippen molar-refractivity contribution in [1.82, 2.24) is 0 Å². The van der Waals surface area contributed by atoms with Crippen LogP contribution >= 0.6 is 0 Å². The molecule has 0 heterocycles. The quantitative estimate of drug-likeness (QED) is 0.567. The van der Waals surface area contributed by atoms with Crippen LogP contribution in [0.5, 0.6) is 0 Å². The van der Waals surface area contributed by atoms with Crippen LogP contribution in [0.15, 0.2) is 0 Å². The minimum atomic E-state index is 0. The molecule has 2 saturated carbocycles. The Kier molecular flexibility index (Phi) is 15.2. The second-order valence-corrected chi connectivity index (χ2v) is 1.92. The summed E-state index contributed by atoms with van der Waals surface area (Å²) in [5.41, 5.74) is 0. The summed E-state index contributed by atoms with van der Waals surface area (Å²) >= 11 is 0. The molecule has 0 saturated heterocycles. The van der Waals surface area contributed by atoms with Gasteiger partial charge in [-0.15, -0.1) is 0 Å². The maximum absolute atomic E-state index is 2.00. The van der Waals surface area contributed by atoms with Gasteiger partial charge in [0, 0.05) is 0 Å². The zero-order valence-electron chi connectivity index (χ0n) is 7.27. The summed E-state index contributed by atoms with van der Waals surface area (Å²) in [5.74, 6) is 0. The van der Waals surface area contributed by atoms with Crippen molar-refractivity contribution in [3.63, 3.8) is 0 Å². The molecule has 1 heteroatoms. The Morgan fingerprint density at radius 3 is 0.500 bits per heavy atom. The minimum Gasteiger partial charge on any atom is -0.358 e. The second kappa shape index (κ2) is 11.9. The van der Waals surface area contributed by atoms with E-state index in [2.05, 4.69) is 0 Å². The molecule has 0 bridgehead atoms. The molecule has 0 amide bonds. The molecule has 0 atom stereocenters. The smallest absolute Gasteiger partial charge is 0.358 e. The topological polar surface area (TPSA) is 0 Å². The van der Waals surface area contributed by atoms with Crippen molar-refractivity contribution >= 4 is 0 Å². The molecule has 2 fully saturated rings. The third-order valence-electron chi connectivity index (χ3n) is 1.11. The summed E-state index contributed by atoms with van der Waals surface area (Å²) in [7, 11) is 0. The van der Waals surface area contributed by atoms with Gasteiger partial charge in [-0.25, -0.2) is 0 Å². The molecule has 12 heavy (non-hydrogen) atoms.